The van der Waals surface area contributed by atoms with Crippen LogP contribution in [0.2, 0.25) is 0 Å². The first-order valence-corrected chi connectivity index (χ1v) is 14.2. The minimum atomic E-state index is -0.976. The Kier molecular flexibility index (Phi) is 11.9. The number of nitrogens with one attached hydrogen (secondary N) is 2. The molecule has 212 valence electrons. The Morgan fingerprint density at radius 1 is 1.10 bits per heavy atom. The highest BCUT2D eigenvalue weighted by molar-refractivity contribution is 7.98. The summed E-state index contributed by atoms with van der Waals surface area (Å²) in [5, 5.41) is 5.68. The second kappa shape index (κ2) is 14.6. The average Bonchev–Trinajstić information content (AvgIpc) is 2.86. The number of nitrogens with zero attached hydrogens (tertiary/aromatic N) is 1. The van der Waals surface area contributed by atoms with Crippen LogP contribution in [0.5, 0.6) is 5.75 Å². The van der Waals surface area contributed by atoms with E-state index in [2.05, 4.69) is 17.2 Å². The first-order chi connectivity index (χ1) is 18.4. The van der Waals surface area contributed by atoms with Crippen molar-refractivity contribution < 1.29 is 23.9 Å². The molecule has 2 atom stereocenters. The second-order valence-electron chi connectivity index (χ2n) is 10.2. The number of aryl methyl sites for hydroxylation is 2. The topological polar surface area (TPSA) is 97.0 Å². The highest BCUT2D eigenvalue weighted by atomic mass is 32.2. The molecule has 0 heterocycles. The van der Waals surface area contributed by atoms with Gasteiger partial charge in [0.05, 0.1) is 7.11 Å². The van der Waals surface area contributed by atoms with Crippen LogP contribution in [-0.2, 0) is 14.3 Å². The van der Waals surface area contributed by atoms with Gasteiger partial charge in [0.2, 0.25) is 5.91 Å². The zero-order valence-corrected chi connectivity index (χ0v) is 24.8. The largest absolute Gasteiger partial charge is 0.497 e. The van der Waals surface area contributed by atoms with Crippen LogP contribution >= 0.6 is 11.8 Å². The lowest BCUT2D eigenvalue weighted by atomic mass is 9.96. The van der Waals surface area contributed by atoms with Gasteiger partial charge in [0.15, 0.2) is 0 Å². The normalized spacial score (nSPS) is 12.6. The molecule has 2 N–H and O–H groups in total. The highest BCUT2D eigenvalue weighted by Gasteiger charge is 2.36. The average molecular weight is 556 g/mol. The summed E-state index contributed by atoms with van der Waals surface area (Å²) in [4.78, 5) is 42.1. The Morgan fingerprint density at radius 3 is 2.31 bits per heavy atom. The summed E-state index contributed by atoms with van der Waals surface area (Å²) in [6.45, 7) is 13.1. The Bertz CT molecular complexity index is 1140. The fourth-order valence-electron chi connectivity index (χ4n) is 4.07. The summed E-state index contributed by atoms with van der Waals surface area (Å²) >= 11 is 1.56. The van der Waals surface area contributed by atoms with Crippen molar-refractivity contribution in [2.75, 3.05) is 31.0 Å². The molecule has 0 aliphatic heterocycles. The smallest absolute Gasteiger partial charge is 0.408 e. The van der Waals surface area contributed by atoms with Crippen molar-refractivity contribution in [1.29, 1.82) is 0 Å². The number of anilines is 1. The maximum atomic E-state index is 14.1. The summed E-state index contributed by atoms with van der Waals surface area (Å²) < 4.78 is 10.6. The van der Waals surface area contributed by atoms with E-state index in [1.807, 2.05) is 38.3 Å². The van der Waals surface area contributed by atoms with E-state index < -0.39 is 29.7 Å². The first kappa shape index (κ1) is 31.8. The molecule has 2 unspecified atom stereocenters. The van der Waals surface area contributed by atoms with Crippen molar-refractivity contribution >= 4 is 35.4 Å². The number of alkyl carbamates (subject to hydrolysis) is 1. The van der Waals surface area contributed by atoms with Crippen molar-refractivity contribution in [3.63, 3.8) is 0 Å². The van der Waals surface area contributed by atoms with Gasteiger partial charge in [-0.15, -0.1) is 6.58 Å². The molecular formula is C30H41N3O5S. The zero-order chi connectivity index (χ0) is 29.2. The van der Waals surface area contributed by atoms with Crippen molar-refractivity contribution in [3.8, 4) is 5.75 Å². The number of benzene rings is 2. The number of hydrogen-bond donors (Lipinski definition) is 2. The molecule has 39 heavy (non-hydrogen) atoms. The molecular weight excluding hydrogens is 514 g/mol. The quantitative estimate of drug-likeness (QED) is 0.329. The molecule has 0 spiro atoms. The van der Waals surface area contributed by atoms with E-state index >= 15 is 0 Å². The third-order valence-electron chi connectivity index (χ3n) is 5.85. The van der Waals surface area contributed by atoms with Gasteiger partial charge in [-0.3, -0.25) is 9.59 Å². The van der Waals surface area contributed by atoms with E-state index in [1.54, 1.807) is 70.0 Å². The lowest BCUT2D eigenvalue weighted by Crippen LogP contribution is -2.52. The van der Waals surface area contributed by atoms with Crippen LogP contribution in [0.4, 0.5) is 10.5 Å². The van der Waals surface area contributed by atoms with E-state index in [4.69, 9.17) is 9.47 Å². The minimum absolute atomic E-state index is 0.0958. The number of thioether (sulfide) groups is 1. The fourth-order valence-corrected chi connectivity index (χ4v) is 4.54. The molecule has 8 nitrogen and oxygen atoms in total. The molecule has 0 aliphatic rings. The van der Waals surface area contributed by atoms with Crippen LogP contribution < -0.4 is 15.4 Å². The monoisotopic (exact) mass is 555 g/mol. The summed E-state index contributed by atoms with van der Waals surface area (Å²) in [5.74, 6) is 0.501. The van der Waals surface area contributed by atoms with Crippen LogP contribution in [0, 0.1) is 13.8 Å². The van der Waals surface area contributed by atoms with Gasteiger partial charge in [0.1, 0.15) is 23.4 Å². The number of methoxy groups -OCH3 is 1. The summed E-state index contributed by atoms with van der Waals surface area (Å²) in [6.07, 6.45) is 3.18. The molecule has 2 aromatic carbocycles. The van der Waals surface area contributed by atoms with Gasteiger partial charge in [0.25, 0.3) is 5.91 Å². The van der Waals surface area contributed by atoms with E-state index in [0.717, 1.165) is 11.1 Å². The zero-order valence-electron chi connectivity index (χ0n) is 24.0. The van der Waals surface area contributed by atoms with Crippen molar-refractivity contribution in [2.45, 2.75) is 58.7 Å². The first-order valence-electron chi connectivity index (χ1n) is 12.8. The number of amides is 3. The van der Waals surface area contributed by atoms with Crippen LogP contribution in [0.1, 0.15) is 49.9 Å². The molecule has 2 rings (SSSR count). The van der Waals surface area contributed by atoms with Crippen LogP contribution in [0.15, 0.2) is 55.1 Å². The number of rotatable bonds is 12. The molecule has 0 aromatic heterocycles. The lowest BCUT2D eigenvalue weighted by Gasteiger charge is -2.34. The molecule has 9 heteroatoms. The minimum Gasteiger partial charge on any atom is -0.497 e. The fraction of sp³-hybridized carbons (Fsp3) is 0.433. The van der Waals surface area contributed by atoms with Crippen LogP contribution in [0.25, 0.3) is 0 Å². The van der Waals surface area contributed by atoms with Gasteiger partial charge in [-0.1, -0.05) is 29.8 Å². The Morgan fingerprint density at radius 2 is 1.77 bits per heavy atom. The van der Waals surface area contributed by atoms with Crippen molar-refractivity contribution in [2.24, 2.45) is 0 Å². The highest BCUT2D eigenvalue weighted by Crippen LogP contribution is 2.28. The number of ether oxygens (including phenoxy) is 2. The van der Waals surface area contributed by atoms with Gasteiger partial charge in [-0.25, -0.2) is 4.79 Å². The van der Waals surface area contributed by atoms with Gasteiger partial charge in [0, 0.05) is 12.2 Å². The van der Waals surface area contributed by atoms with E-state index in [0.29, 0.717) is 29.2 Å². The number of hydrogen-bond acceptors (Lipinski definition) is 6. The third kappa shape index (κ3) is 9.66. The second-order valence-corrected chi connectivity index (χ2v) is 11.2. The van der Waals surface area contributed by atoms with Crippen LogP contribution in [0.3, 0.4) is 0 Å². The predicted molar refractivity (Wildman–Crippen MR) is 158 cm³/mol. The molecule has 0 aliphatic carbocycles. The van der Waals surface area contributed by atoms with Crippen molar-refractivity contribution in [1.82, 2.24) is 10.2 Å². The summed E-state index contributed by atoms with van der Waals surface area (Å²) in [7, 11) is 1.57. The van der Waals surface area contributed by atoms with Gasteiger partial charge in [-0.05, 0) is 88.4 Å². The van der Waals surface area contributed by atoms with Crippen molar-refractivity contribution in [3.05, 3.63) is 71.8 Å². The molecule has 0 fully saturated rings. The van der Waals surface area contributed by atoms with E-state index in [9.17, 15) is 14.4 Å². The molecule has 0 saturated carbocycles. The SMILES string of the molecule is C=CCN(C(=O)C(CCSC)NC(=O)OC(C)(C)C)C(C(=O)Nc1ccc(OC)cc1)c1ccc(C)cc1C. The third-order valence-corrected chi connectivity index (χ3v) is 6.49. The van der Waals surface area contributed by atoms with E-state index in [1.165, 1.54) is 4.90 Å². The number of carbonyl (C=O) groups is 3. The number of carbonyl (C=O) groups excluding carboxylic acids is 3. The van der Waals surface area contributed by atoms with Gasteiger partial charge in [-0.2, -0.15) is 11.8 Å². The lowest BCUT2D eigenvalue weighted by molar-refractivity contribution is -0.140. The van der Waals surface area contributed by atoms with Crippen LogP contribution in [-0.4, -0.2) is 60.1 Å². The molecule has 3 amide bonds. The summed E-state index contributed by atoms with van der Waals surface area (Å²) in [5.41, 5.74) is 2.43. The van der Waals surface area contributed by atoms with Gasteiger partial charge >= 0.3 is 6.09 Å². The van der Waals surface area contributed by atoms with Gasteiger partial charge < -0.3 is 25.0 Å². The van der Waals surface area contributed by atoms with E-state index in [-0.39, 0.29) is 12.5 Å². The molecule has 0 radical (unpaired) electrons. The summed E-state index contributed by atoms with van der Waals surface area (Å²) in [6, 6.07) is 10.9. The Hall–Kier alpha value is -3.46. The predicted octanol–water partition coefficient (Wildman–Crippen LogP) is 5.65. The maximum Gasteiger partial charge on any atom is 0.408 e. The molecule has 0 saturated heterocycles. The standard InChI is InChI=1S/C30H41N3O5S/c1-9-17-33(28(35)25(16-18-39-8)32-29(36)38-30(4,5)6)26(24-15-10-20(2)19-21(24)3)27(34)31-22-11-13-23(37-7)14-12-22/h9-15,19,25-26H,1,16-18H2,2-8H3,(H,31,34)(H,32,36). The molecule has 2 aromatic rings. The Labute approximate surface area is 236 Å². The molecule has 0 bridgehead atoms. The Balaban J connectivity index is 2.52. The maximum absolute atomic E-state index is 14.1.